The first kappa shape index (κ1) is 22.1. The molecule has 4 aromatic rings. The minimum atomic E-state index is -3.28. The molecule has 2 heterocycles. The van der Waals surface area contributed by atoms with Crippen LogP contribution >= 0.6 is 0 Å². The molecule has 3 aromatic carbocycles. The molecule has 5 rings (SSSR count). The van der Waals surface area contributed by atoms with Crippen LogP contribution in [0.4, 0.5) is 11.4 Å². The third-order valence-corrected chi connectivity index (χ3v) is 8.07. The van der Waals surface area contributed by atoms with Crippen molar-refractivity contribution >= 4 is 38.1 Å². The number of hydrogen-bond donors (Lipinski definition) is 1. The molecule has 0 aliphatic carbocycles. The summed E-state index contributed by atoms with van der Waals surface area (Å²) in [6.07, 6.45) is 3.31. The van der Waals surface area contributed by atoms with Crippen LogP contribution in [0.25, 0.3) is 22.0 Å². The van der Waals surface area contributed by atoms with E-state index in [-0.39, 0.29) is 11.7 Å². The molecule has 172 valence electrons. The number of rotatable bonds is 4. The lowest BCUT2D eigenvalue weighted by atomic mass is 10.0. The van der Waals surface area contributed by atoms with Crippen LogP contribution in [0.2, 0.25) is 0 Å². The lowest BCUT2D eigenvalue weighted by molar-refractivity contribution is 0.102. The molecule has 1 aromatic heterocycles. The summed E-state index contributed by atoms with van der Waals surface area (Å²) in [6.45, 7) is 2.42. The molecule has 0 radical (unpaired) electrons. The zero-order chi connectivity index (χ0) is 23.7. The van der Waals surface area contributed by atoms with Gasteiger partial charge in [0.2, 0.25) is 10.0 Å². The second-order valence-electron chi connectivity index (χ2n) is 8.51. The van der Waals surface area contributed by atoms with Gasteiger partial charge in [-0.2, -0.15) is 0 Å². The third-order valence-electron chi connectivity index (χ3n) is 6.20. The van der Waals surface area contributed by atoms with E-state index in [2.05, 4.69) is 16.4 Å². The van der Waals surface area contributed by atoms with Crippen LogP contribution in [0.5, 0.6) is 0 Å². The van der Waals surface area contributed by atoms with Crippen molar-refractivity contribution in [1.29, 1.82) is 0 Å². The lowest BCUT2D eigenvalue weighted by Crippen LogP contribution is -2.37. The Hall–Kier alpha value is -3.71. The molecule has 34 heavy (non-hydrogen) atoms. The summed E-state index contributed by atoms with van der Waals surface area (Å²) in [5.41, 5.74) is 4.49. The number of aromatic nitrogens is 1. The van der Waals surface area contributed by atoms with Crippen LogP contribution in [0.1, 0.15) is 28.8 Å². The Balaban J connectivity index is 1.40. The van der Waals surface area contributed by atoms with Gasteiger partial charge in [-0.05, 0) is 67.1 Å². The fraction of sp³-hybridized carbons (Fsp3) is 0.185. The predicted molar refractivity (Wildman–Crippen MR) is 137 cm³/mol. The molecule has 1 fully saturated rings. The number of benzene rings is 3. The van der Waals surface area contributed by atoms with E-state index in [0.717, 1.165) is 34.0 Å². The third kappa shape index (κ3) is 4.26. The maximum Gasteiger partial charge on any atom is 0.255 e. The molecule has 1 aliphatic rings. The van der Waals surface area contributed by atoms with E-state index in [4.69, 9.17) is 0 Å². The Morgan fingerprint density at radius 3 is 2.56 bits per heavy atom. The van der Waals surface area contributed by atoms with E-state index in [1.807, 2.05) is 49.4 Å². The van der Waals surface area contributed by atoms with E-state index < -0.39 is 10.0 Å². The van der Waals surface area contributed by atoms with Crippen LogP contribution in [0, 0.1) is 6.92 Å². The van der Waals surface area contributed by atoms with Crippen molar-refractivity contribution in [2.75, 3.05) is 21.9 Å². The maximum absolute atomic E-state index is 13.0. The number of sulfonamides is 1. The van der Waals surface area contributed by atoms with Crippen molar-refractivity contribution in [3.8, 4) is 11.3 Å². The van der Waals surface area contributed by atoms with E-state index >= 15 is 0 Å². The summed E-state index contributed by atoms with van der Waals surface area (Å²) in [7, 11) is -3.28. The fourth-order valence-electron chi connectivity index (χ4n) is 4.31. The van der Waals surface area contributed by atoms with E-state index in [0.29, 0.717) is 29.9 Å². The van der Waals surface area contributed by atoms with Gasteiger partial charge in [0.05, 0.1) is 17.1 Å². The Kier molecular flexibility index (Phi) is 5.79. The Labute approximate surface area is 199 Å². The quantitative estimate of drug-likeness (QED) is 0.433. The topological polar surface area (TPSA) is 79.4 Å². The number of fused-ring (bicyclic) bond motifs is 1. The zero-order valence-corrected chi connectivity index (χ0v) is 19.7. The number of hydrogen-bond acceptors (Lipinski definition) is 4. The van der Waals surface area contributed by atoms with Gasteiger partial charge in [0, 0.05) is 34.9 Å². The van der Waals surface area contributed by atoms with Crippen LogP contribution in [-0.4, -0.2) is 31.6 Å². The first-order valence-corrected chi connectivity index (χ1v) is 12.9. The molecule has 1 N–H and O–H groups in total. The number of carbonyl (C=O) groups is 1. The number of nitrogens with zero attached hydrogens (tertiary/aromatic N) is 2. The second-order valence-corrected chi connectivity index (χ2v) is 10.5. The summed E-state index contributed by atoms with van der Waals surface area (Å²) >= 11 is 0. The van der Waals surface area contributed by atoms with Gasteiger partial charge >= 0.3 is 0 Å². The fourth-order valence-corrected chi connectivity index (χ4v) is 5.95. The standard InChI is InChI=1S/C27H25N3O3S/c1-19-8-9-22(26-24-7-3-2-6-20(24)14-15-28-26)18-25(19)29-27(31)21-10-12-23(13-11-21)30-16-4-5-17-34(30,32)33/h2-3,6-15,18H,4-5,16-17H2,1H3,(H,29,31). The minimum absolute atomic E-state index is 0.163. The highest BCUT2D eigenvalue weighted by Crippen LogP contribution is 2.30. The van der Waals surface area contributed by atoms with Gasteiger partial charge in [0.1, 0.15) is 0 Å². The molecule has 0 bridgehead atoms. The SMILES string of the molecule is Cc1ccc(-c2nccc3ccccc23)cc1NC(=O)c1ccc(N2CCCCS2(=O)=O)cc1. The average Bonchev–Trinajstić information content (AvgIpc) is 2.85. The van der Waals surface area contributed by atoms with Crippen LogP contribution in [0.3, 0.4) is 0 Å². The largest absolute Gasteiger partial charge is 0.322 e. The summed E-state index contributed by atoms with van der Waals surface area (Å²) in [5.74, 6) is -0.0877. The molecule has 1 amide bonds. The lowest BCUT2D eigenvalue weighted by Gasteiger charge is -2.28. The van der Waals surface area contributed by atoms with Crippen LogP contribution in [0.15, 0.2) is 79.0 Å². The Morgan fingerprint density at radius 2 is 1.76 bits per heavy atom. The van der Waals surface area contributed by atoms with Gasteiger partial charge in [0.25, 0.3) is 5.91 Å². The Morgan fingerprint density at radius 1 is 0.971 bits per heavy atom. The molecular weight excluding hydrogens is 446 g/mol. The zero-order valence-electron chi connectivity index (χ0n) is 18.9. The predicted octanol–water partition coefficient (Wildman–Crippen LogP) is 5.39. The molecule has 1 aliphatic heterocycles. The highest BCUT2D eigenvalue weighted by molar-refractivity contribution is 7.92. The molecule has 1 saturated heterocycles. The summed E-state index contributed by atoms with van der Waals surface area (Å²) in [6, 6.07) is 22.7. The number of pyridine rings is 1. The molecule has 6 nitrogen and oxygen atoms in total. The number of aryl methyl sites for hydroxylation is 1. The molecular formula is C27H25N3O3S. The smallest absolute Gasteiger partial charge is 0.255 e. The van der Waals surface area contributed by atoms with Gasteiger partial charge < -0.3 is 5.32 Å². The number of nitrogens with one attached hydrogen (secondary N) is 1. The maximum atomic E-state index is 13.0. The second kappa shape index (κ2) is 8.91. The van der Waals surface area contributed by atoms with Crippen molar-refractivity contribution in [3.05, 3.63) is 90.1 Å². The Bertz CT molecular complexity index is 1480. The van der Waals surface area contributed by atoms with Gasteiger partial charge in [-0.3, -0.25) is 14.1 Å². The number of carbonyl (C=O) groups excluding carboxylic acids is 1. The molecule has 0 unspecified atom stereocenters. The van der Waals surface area contributed by atoms with Crippen molar-refractivity contribution in [3.63, 3.8) is 0 Å². The van der Waals surface area contributed by atoms with Gasteiger partial charge in [0.15, 0.2) is 0 Å². The highest BCUT2D eigenvalue weighted by Gasteiger charge is 2.26. The normalized spacial score (nSPS) is 15.3. The van der Waals surface area contributed by atoms with Gasteiger partial charge in [-0.15, -0.1) is 0 Å². The minimum Gasteiger partial charge on any atom is -0.322 e. The summed E-state index contributed by atoms with van der Waals surface area (Å²) in [4.78, 5) is 17.6. The van der Waals surface area contributed by atoms with Crippen molar-refractivity contribution in [1.82, 2.24) is 4.98 Å². The average molecular weight is 472 g/mol. The summed E-state index contributed by atoms with van der Waals surface area (Å²) in [5, 5.41) is 5.16. The molecule has 0 atom stereocenters. The van der Waals surface area contributed by atoms with E-state index in [1.54, 1.807) is 30.5 Å². The van der Waals surface area contributed by atoms with Crippen LogP contribution in [-0.2, 0) is 10.0 Å². The molecule has 7 heteroatoms. The van der Waals surface area contributed by atoms with E-state index in [1.165, 1.54) is 4.31 Å². The van der Waals surface area contributed by atoms with Crippen LogP contribution < -0.4 is 9.62 Å². The molecule has 0 spiro atoms. The van der Waals surface area contributed by atoms with Crippen molar-refractivity contribution in [2.45, 2.75) is 19.8 Å². The first-order chi connectivity index (χ1) is 16.4. The van der Waals surface area contributed by atoms with Crippen molar-refractivity contribution < 1.29 is 13.2 Å². The molecule has 0 saturated carbocycles. The summed E-state index contributed by atoms with van der Waals surface area (Å²) < 4.78 is 26.1. The van der Waals surface area contributed by atoms with Gasteiger partial charge in [-0.1, -0.05) is 36.4 Å². The first-order valence-electron chi connectivity index (χ1n) is 11.3. The van der Waals surface area contributed by atoms with Crippen molar-refractivity contribution in [2.24, 2.45) is 0 Å². The number of anilines is 2. The van der Waals surface area contributed by atoms with E-state index in [9.17, 15) is 13.2 Å². The monoisotopic (exact) mass is 471 g/mol. The highest BCUT2D eigenvalue weighted by atomic mass is 32.2. The van der Waals surface area contributed by atoms with Gasteiger partial charge in [-0.25, -0.2) is 8.42 Å². The number of amides is 1.